The lowest BCUT2D eigenvalue weighted by atomic mass is 10.0. The number of rotatable bonds is 24. The summed E-state index contributed by atoms with van der Waals surface area (Å²) in [7, 11) is 1.96. The summed E-state index contributed by atoms with van der Waals surface area (Å²) in [6.45, 7) is 4.99. The van der Waals surface area contributed by atoms with Crippen molar-refractivity contribution in [1.82, 2.24) is 4.90 Å². The van der Waals surface area contributed by atoms with E-state index in [2.05, 4.69) is 6.92 Å². The van der Waals surface area contributed by atoms with E-state index in [-0.39, 0.29) is 18.7 Å². The molecular formula is C25H52NO5P. The van der Waals surface area contributed by atoms with Crippen molar-refractivity contribution in [2.24, 2.45) is 0 Å². The average molecular weight is 478 g/mol. The Kier molecular flexibility index (Phi) is 23.7. The van der Waals surface area contributed by atoms with Gasteiger partial charge >= 0.3 is 14.6 Å². The highest BCUT2D eigenvalue weighted by Gasteiger charge is 2.16. The predicted octanol–water partition coefficient (Wildman–Crippen LogP) is 6.99. The fourth-order valence-corrected chi connectivity index (χ4v) is 4.25. The molecule has 0 heterocycles. The van der Waals surface area contributed by atoms with E-state index in [4.69, 9.17) is 13.8 Å². The second kappa shape index (κ2) is 23.9. The third kappa shape index (κ3) is 24.4. The standard InChI is InChI=1S/C25H52NO5P/c1-5-6-7-8-9-10-11-12-13-14-15-16-17-18-19-20-25(31-24(2)27)23-30-32(28)29-22-21-26(3)4/h25,28H,5-23H2,1-4H3. The van der Waals surface area contributed by atoms with Gasteiger partial charge in [0.1, 0.15) is 6.10 Å². The fraction of sp³-hybridized carbons (Fsp3) is 0.960. The molecule has 0 aliphatic heterocycles. The van der Waals surface area contributed by atoms with E-state index < -0.39 is 8.60 Å². The van der Waals surface area contributed by atoms with Crippen molar-refractivity contribution in [3.05, 3.63) is 0 Å². The molecule has 192 valence electrons. The first kappa shape index (κ1) is 31.7. The van der Waals surface area contributed by atoms with Gasteiger partial charge in [0.15, 0.2) is 0 Å². The quantitative estimate of drug-likeness (QED) is 0.0917. The molecule has 0 spiro atoms. The number of carbonyl (C=O) groups is 1. The Morgan fingerprint density at radius 1 is 0.812 bits per heavy atom. The van der Waals surface area contributed by atoms with Gasteiger partial charge in [-0.1, -0.05) is 96.8 Å². The topological polar surface area (TPSA) is 68.2 Å². The van der Waals surface area contributed by atoms with Crippen molar-refractivity contribution in [2.75, 3.05) is 33.9 Å². The molecule has 0 aromatic carbocycles. The lowest BCUT2D eigenvalue weighted by Gasteiger charge is -2.19. The van der Waals surface area contributed by atoms with Crippen molar-refractivity contribution < 1.29 is 23.5 Å². The van der Waals surface area contributed by atoms with Crippen LogP contribution in [-0.4, -0.2) is 55.7 Å². The molecule has 0 aliphatic carbocycles. The monoisotopic (exact) mass is 477 g/mol. The number of carbonyl (C=O) groups excluding carboxylic acids is 1. The Labute approximate surface area is 199 Å². The normalized spacial score (nSPS) is 13.4. The Bertz CT molecular complexity index is 412. The summed E-state index contributed by atoms with van der Waals surface area (Å²) in [6, 6.07) is 0. The summed E-state index contributed by atoms with van der Waals surface area (Å²) >= 11 is 0. The van der Waals surface area contributed by atoms with Gasteiger partial charge in [0.25, 0.3) is 0 Å². The van der Waals surface area contributed by atoms with Crippen LogP contribution in [0.15, 0.2) is 0 Å². The molecule has 6 nitrogen and oxygen atoms in total. The van der Waals surface area contributed by atoms with E-state index in [0.717, 1.165) is 25.8 Å². The molecule has 0 aromatic heterocycles. The highest BCUT2D eigenvalue weighted by atomic mass is 31.2. The second-order valence-electron chi connectivity index (χ2n) is 9.14. The van der Waals surface area contributed by atoms with Gasteiger partial charge in [-0.15, -0.1) is 0 Å². The van der Waals surface area contributed by atoms with E-state index in [1.165, 1.54) is 90.4 Å². The van der Waals surface area contributed by atoms with E-state index in [1.807, 2.05) is 19.0 Å². The van der Waals surface area contributed by atoms with Gasteiger partial charge in [0.05, 0.1) is 13.2 Å². The third-order valence-electron chi connectivity index (χ3n) is 5.57. The van der Waals surface area contributed by atoms with Crippen LogP contribution in [0.2, 0.25) is 0 Å². The van der Waals surface area contributed by atoms with Crippen molar-refractivity contribution in [3.8, 4) is 0 Å². The SMILES string of the molecule is CCCCCCCCCCCCCCCCCC(COP(O)OCCN(C)C)OC(C)=O. The summed E-state index contributed by atoms with van der Waals surface area (Å²) in [5, 5.41) is 0. The fourth-order valence-electron chi connectivity index (χ4n) is 3.64. The van der Waals surface area contributed by atoms with Gasteiger partial charge in [-0.3, -0.25) is 4.79 Å². The lowest BCUT2D eigenvalue weighted by Crippen LogP contribution is -2.22. The molecule has 0 amide bonds. The first-order valence-electron chi connectivity index (χ1n) is 13.0. The number of hydrogen-bond acceptors (Lipinski definition) is 6. The number of likely N-dealkylation sites (N-methyl/N-ethyl adjacent to an activating group) is 1. The van der Waals surface area contributed by atoms with Crippen LogP contribution in [0.5, 0.6) is 0 Å². The van der Waals surface area contributed by atoms with Crippen molar-refractivity contribution in [1.29, 1.82) is 0 Å². The van der Waals surface area contributed by atoms with Gasteiger partial charge in [-0.25, -0.2) is 0 Å². The van der Waals surface area contributed by atoms with Gasteiger partial charge in [-0.05, 0) is 26.9 Å². The van der Waals surface area contributed by atoms with Gasteiger partial charge < -0.3 is 23.6 Å². The molecule has 0 fully saturated rings. The Balaban J connectivity index is 3.61. The summed E-state index contributed by atoms with van der Waals surface area (Å²) in [5.41, 5.74) is 0. The predicted molar refractivity (Wildman–Crippen MR) is 135 cm³/mol. The Hall–Kier alpha value is -0.260. The molecule has 2 unspecified atom stereocenters. The molecule has 1 N–H and O–H groups in total. The zero-order valence-corrected chi connectivity index (χ0v) is 22.4. The van der Waals surface area contributed by atoms with Gasteiger partial charge in [0.2, 0.25) is 0 Å². The highest BCUT2D eigenvalue weighted by molar-refractivity contribution is 7.40. The lowest BCUT2D eigenvalue weighted by molar-refractivity contribution is -0.148. The van der Waals surface area contributed by atoms with E-state index in [9.17, 15) is 9.69 Å². The van der Waals surface area contributed by atoms with E-state index in [1.54, 1.807) is 0 Å². The Morgan fingerprint density at radius 3 is 1.72 bits per heavy atom. The smallest absolute Gasteiger partial charge is 0.330 e. The van der Waals surface area contributed by atoms with Crippen LogP contribution >= 0.6 is 8.60 Å². The van der Waals surface area contributed by atoms with Crippen LogP contribution in [-0.2, 0) is 18.6 Å². The first-order chi connectivity index (χ1) is 15.5. The zero-order valence-electron chi connectivity index (χ0n) is 21.5. The first-order valence-corrected chi connectivity index (χ1v) is 14.2. The molecule has 0 aromatic rings. The van der Waals surface area contributed by atoms with Crippen LogP contribution in [0.3, 0.4) is 0 Å². The Morgan fingerprint density at radius 2 is 1.28 bits per heavy atom. The maximum Gasteiger partial charge on any atom is 0.330 e. The molecule has 0 saturated carbocycles. The van der Waals surface area contributed by atoms with Crippen LogP contribution in [0.25, 0.3) is 0 Å². The second-order valence-corrected chi connectivity index (χ2v) is 10.1. The number of unbranched alkanes of at least 4 members (excludes halogenated alkanes) is 14. The molecule has 0 radical (unpaired) electrons. The van der Waals surface area contributed by atoms with Crippen LogP contribution in [0.1, 0.15) is 117 Å². The molecule has 0 rings (SSSR count). The van der Waals surface area contributed by atoms with Crippen LogP contribution < -0.4 is 0 Å². The van der Waals surface area contributed by atoms with E-state index >= 15 is 0 Å². The highest BCUT2D eigenvalue weighted by Crippen LogP contribution is 2.33. The average Bonchev–Trinajstić information content (AvgIpc) is 2.74. The van der Waals surface area contributed by atoms with Crippen molar-refractivity contribution >= 4 is 14.6 Å². The third-order valence-corrected chi connectivity index (χ3v) is 6.35. The molecule has 32 heavy (non-hydrogen) atoms. The van der Waals surface area contributed by atoms with Crippen LogP contribution in [0.4, 0.5) is 0 Å². The van der Waals surface area contributed by atoms with Crippen molar-refractivity contribution in [2.45, 2.75) is 123 Å². The van der Waals surface area contributed by atoms with Gasteiger partial charge in [-0.2, -0.15) is 0 Å². The summed E-state index contributed by atoms with van der Waals surface area (Å²) in [5.74, 6) is -0.310. The number of nitrogens with zero attached hydrogens (tertiary/aromatic N) is 1. The zero-order chi connectivity index (χ0) is 23.9. The van der Waals surface area contributed by atoms with E-state index in [0.29, 0.717) is 6.61 Å². The largest absolute Gasteiger partial charge is 0.460 e. The summed E-state index contributed by atoms with van der Waals surface area (Å²) in [6.07, 6.45) is 20.4. The minimum Gasteiger partial charge on any atom is -0.460 e. The minimum absolute atomic E-state index is 0.183. The maximum atomic E-state index is 11.3. The van der Waals surface area contributed by atoms with Crippen LogP contribution in [0, 0.1) is 0 Å². The summed E-state index contributed by atoms with van der Waals surface area (Å²) < 4.78 is 16.0. The summed E-state index contributed by atoms with van der Waals surface area (Å²) in [4.78, 5) is 23.1. The number of hydrogen-bond donors (Lipinski definition) is 1. The van der Waals surface area contributed by atoms with Gasteiger partial charge in [0, 0.05) is 13.5 Å². The number of ether oxygens (including phenoxy) is 1. The maximum absolute atomic E-state index is 11.3. The minimum atomic E-state index is -1.93. The molecule has 7 heteroatoms. The molecule has 2 atom stereocenters. The van der Waals surface area contributed by atoms with Crippen molar-refractivity contribution in [3.63, 3.8) is 0 Å². The molecule has 0 bridgehead atoms. The molecule has 0 saturated heterocycles. The molecular weight excluding hydrogens is 425 g/mol. The number of esters is 1. The molecule has 0 aliphatic rings.